The Kier molecular flexibility index (Phi) is 4.55. The van der Waals surface area contributed by atoms with E-state index in [9.17, 15) is 4.79 Å². The van der Waals surface area contributed by atoms with Gasteiger partial charge in [0.25, 0.3) is 0 Å². The van der Waals surface area contributed by atoms with Crippen molar-refractivity contribution in [1.29, 1.82) is 0 Å². The lowest BCUT2D eigenvalue weighted by Crippen LogP contribution is -2.48. The van der Waals surface area contributed by atoms with Crippen LogP contribution < -0.4 is 4.90 Å². The van der Waals surface area contributed by atoms with E-state index in [0.717, 1.165) is 43.9 Å². The summed E-state index contributed by atoms with van der Waals surface area (Å²) >= 11 is 0. The summed E-state index contributed by atoms with van der Waals surface area (Å²) in [6.07, 6.45) is 4.90. The molecule has 3 heterocycles. The predicted octanol–water partition coefficient (Wildman–Crippen LogP) is 1.48. The summed E-state index contributed by atoms with van der Waals surface area (Å²) < 4.78 is 7.78. The molecule has 1 unspecified atom stereocenters. The second kappa shape index (κ2) is 6.98. The maximum atomic E-state index is 12.8. The Balaban J connectivity index is 1.35. The summed E-state index contributed by atoms with van der Waals surface area (Å²) in [5.74, 6) is 0.181. The van der Waals surface area contributed by atoms with Crippen molar-refractivity contribution >= 4 is 11.6 Å². The zero-order chi connectivity index (χ0) is 17.2. The van der Waals surface area contributed by atoms with Gasteiger partial charge in [0.2, 0.25) is 5.91 Å². The number of aryl methyl sites for hydroxylation is 1. The van der Waals surface area contributed by atoms with Gasteiger partial charge in [-0.1, -0.05) is 18.2 Å². The highest BCUT2D eigenvalue weighted by Gasteiger charge is 2.28. The maximum absolute atomic E-state index is 12.8. The molecule has 0 radical (unpaired) electrons. The zero-order valence-electron chi connectivity index (χ0n) is 14.6. The van der Waals surface area contributed by atoms with Gasteiger partial charge >= 0.3 is 0 Å². The van der Waals surface area contributed by atoms with Crippen LogP contribution >= 0.6 is 0 Å². The summed E-state index contributed by atoms with van der Waals surface area (Å²) in [5, 5.41) is 4.33. The Morgan fingerprint density at radius 2 is 2.20 bits per heavy atom. The van der Waals surface area contributed by atoms with Gasteiger partial charge in [-0.2, -0.15) is 5.10 Å². The van der Waals surface area contributed by atoms with Crippen LogP contribution in [0, 0.1) is 6.92 Å². The van der Waals surface area contributed by atoms with Crippen LogP contribution in [0.3, 0.4) is 0 Å². The molecule has 2 aliphatic rings. The number of rotatable bonds is 4. The first kappa shape index (κ1) is 16.3. The lowest BCUT2D eigenvalue weighted by atomic mass is 10.2. The molecule has 6 nitrogen and oxygen atoms in total. The van der Waals surface area contributed by atoms with Crippen molar-refractivity contribution < 1.29 is 9.53 Å². The minimum absolute atomic E-state index is 0.0757. The average Bonchev–Trinajstić information content (AvgIpc) is 3.21. The fraction of sp³-hybridized carbons (Fsp3) is 0.474. The zero-order valence-corrected chi connectivity index (χ0v) is 14.6. The van der Waals surface area contributed by atoms with Crippen LogP contribution in [0.1, 0.15) is 11.1 Å². The fourth-order valence-corrected chi connectivity index (χ4v) is 3.68. The molecule has 2 aromatic rings. The van der Waals surface area contributed by atoms with E-state index >= 15 is 0 Å². The quantitative estimate of drug-likeness (QED) is 0.846. The van der Waals surface area contributed by atoms with Crippen molar-refractivity contribution in [1.82, 2.24) is 14.7 Å². The van der Waals surface area contributed by atoms with Crippen molar-refractivity contribution in [3.63, 3.8) is 0 Å². The molecule has 0 bridgehead atoms. The maximum Gasteiger partial charge on any atom is 0.241 e. The Morgan fingerprint density at radius 3 is 3.04 bits per heavy atom. The number of aromatic nitrogens is 2. The van der Waals surface area contributed by atoms with E-state index in [0.29, 0.717) is 13.2 Å². The van der Waals surface area contributed by atoms with Crippen molar-refractivity contribution in [3.8, 4) is 0 Å². The molecule has 0 aliphatic carbocycles. The van der Waals surface area contributed by atoms with Crippen molar-refractivity contribution in [2.45, 2.75) is 26.0 Å². The van der Waals surface area contributed by atoms with Gasteiger partial charge < -0.3 is 9.64 Å². The first-order valence-electron chi connectivity index (χ1n) is 8.90. The number of fused-ring (bicyclic) bond motifs is 1. The van der Waals surface area contributed by atoms with Crippen molar-refractivity contribution in [2.24, 2.45) is 0 Å². The number of amides is 1. The van der Waals surface area contributed by atoms with Gasteiger partial charge in [-0.25, -0.2) is 0 Å². The Hall–Kier alpha value is -2.18. The van der Waals surface area contributed by atoms with Gasteiger partial charge in [0.15, 0.2) is 0 Å². The molecule has 1 fully saturated rings. The average molecular weight is 340 g/mol. The van der Waals surface area contributed by atoms with Crippen LogP contribution in [-0.4, -0.2) is 59.5 Å². The van der Waals surface area contributed by atoms with Crippen molar-refractivity contribution in [3.05, 3.63) is 47.8 Å². The molecular weight excluding hydrogens is 316 g/mol. The predicted molar refractivity (Wildman–Crippen MR) is 95.6 cm³/mol. The highest BCUT2D eigenvalue weighted by Crippen LogP contribution is 2.27. The molecule has 0 N–H and O–H groups in total. The van der Waals surface area contributed by atoms with E-state index in [-0.39, 0.29) is 12.0 Å². The number of para-hydroxylation sites is 1. The molecule has 132 valence electrons. The SMILES string of the molecule is Cc1cnn(CC2CN(CC(=O)N3CCc4ccccc43)CCO2)c1. The summed E-state index contributed by atoms with van der Waals surface area (Å²) in [6, 6.07) is 8.19. The summed E-state index contributed by atoms with van der Waals surface area (Å²) in [5.41, 5.74) is 3.49. The molecule has 6 heteroatoms. The topological polar surface area (TPSA) is 50.6 Å². The van der Waals surface area contributed by atoms with Gasteiger partial charge in [0, 0.05) is 31.5 Å². The molecule has 2 aliphatic heterocycles. The highest BCUT2D eigenvalue weighted by molar-refractivity contribution is 5.96. The monoisotopic (exact) mass is 340 g/mol. The lowest BCUT2D eigenvalue weighted by molar-refractivity contribution is -0.121. The van der Waals surface area contributed by atoms with Gasteiger partial charge in [-0.3, -0.25) is 14.4 Å². The Bertz CT molecular complexity index is 757. The van der Waals surface area contributed by atoms with E-state index in [2.05, 4.69) is 16.1 Å². The van der Waals surface area contributed by atoms with E-state index in [1.165, 1.54) is 5.56 Å². The van der Waals surface area contributed by atoms with Gasteiger partial charge in [-0.15, -0.1) is 0 Å². The number of nitrogens with zero attached hydrogens (tertiary/aromatic N) is 4. The number of benzene rings is 1. The lowest BCUT2D eigenvalue weighted by Gasteiger charge is -2.33. The number of anilines is 1. The molecule has 0 spiro atoms. The van der Waals surface area contributed by atoms with Crippen molar-refractivity contribution in [2.75, 3.05) is 37.7 Å². The molecule has 1 aromatic heterocycles. The van der Waals surface area contributed by atoms with E-state index in [4.69, 9.17) is 4.74 Å². The minimum atomic E-state index is 0.0757. The smallest absolute Gasteiger partial charge is 0.241 e. The highest BCUT2D eigenvalue weighted by atomic mass is 16.5. The van der Waals surface area contributed by atoms with E-state index in [1.54, 1.807) is 0 Å². The molecule has 1 saturated heterocycles. The van der Waals surface area contributed by atoms with Crippen LogP contribution in [-0.2, 0) is 22.5 Å². The number of hydrogen-bond donors (Lipinski definition) is 0. The van der Waals surface area contributed by atoms with E-state index in [1.807, 2.05) is 47.1 Å². The van der Waals surface area contributed by atoms with Gasteiger partial charge in [0.05, 0.1) is 32.0 Å². The Morgan fingerprint density at radius 1 is 1.32 bits per heavy atom. The van der Waals surface area contributed by atoms with E-state index < -0.39 is 0 Å². The first-order valence-corrected chi connectivity index (χ1v) is 8.90. The molecule has 1 atom stereocenters. The molecule has 1 amide bonds. The van der Waals surface area contributed by atoms with Crippen LogP contribution in [0.15, 0.2) is 36.7 Å². The second-order valence-corrected chi connectivity index (χ2v) is 6.89. The number of carbonyl (C=O) groups is 1. The van der Waals surface area contributed by atoms with Crippen LogP contribution in [0.2, 0.25) is 0 Å². The van der Waals surface area contributed by atoms with Crippen LogP contribution in [0.25, 0.3) is 0 Å². The molecule has 4 rings (SSSR count). The van der Waals surface area contributed by atoms with Crippen LogP contribution in [0.4, 0.5) is 5.69 Å². The third-order valence-corrected chi connectivity index (χ3v) is 4.92. The molecule has 1 aromatic carbocycles. The molecular formula is C19H24N4O2. The number of carbonyl (C=O) groups excluding carboxylic acids is 1. The number of hydrogen-bond acceptors (Lipinski definition) is 4. The number of ether oxygens (including phenoxy) is 1. The third-order valence-electron chi connectivity index (χ3n) is 4.92. The molecule has 25 heavy (non-hydrogen) atoms. The first-order chi connectivity index (χ1) is 12.2. The summed E-state index contributed by atoms with van der Waals surface area (Å²) in [6.45, 7) is 6.23. The standard InChI is InChI=1S/C19H24N4O2/c1-15-10-20-22(11-15)13-17-12-21(8-9-25-17)14-19(24)23-7-6-16-4-2-3-5-18(16)23/h2-5,10-11,17H,6-9,12-14H2,1H3. The molecule has 0 saturated carbocycles. The van der Waals surface area contributed by atoms with Gasteiger partial charge in [-0.05, 0) is 30.5 Å². The largest absolute Gasteiger partial charge is 0.374 e. The summed E-state index contributed by atoms with van der Waals surface area (Å²) in [4.78, 5) is 16.9. The summed E-state index contributed by atoms with van der Waals surface area (Å²) in [7, 11) is 0. The fourth-order valence-electron chi connectivity index (χ4n) is 3.68. The number of morpholine rings is 1. The Labute approximate surface area is 148 Å². The minimum Gasteiger partial charge on any atom is -0.374 e. The third kappa shape index (κ3) is 3.60. The van der Waals surface area contributed by atoms with Gasteiger partial charge in [0.1, 0.15) is 0 Å². The normalized spacial score (nSPS) is 20.7. The second-order valence-electron chi connectivity index (χ2n) is 6.89. The van der Waals surface area contributed by atoms with Crippen LogP contribution in [0.5, 0.6) is 0 Å².